The smallest absolute Gasteiger partial charge is 0.231 e. The summed E-state index contributed by atoms with van der Waals surface area (Å²) in [4.78, 5) is 25.9. The largest absolute Gasteiger partial charge is 0.345 e. The normalized spacial score (nSPS) is 29.2. The number of fused-ring (bicyclic) bond motifs is 1. The average molecular weight is 379 g/mol. The first kappa shape index (κ1) is 17.7. The van der Waals surface area contributed by atoms with Crippen LogP contribution in [-0.4, -0.2) is 79.5 Å². The number of carbonyl (C=O) groups is 1. The van der Waals surface area contributed by atoms with Crippen molar-refractivity contribution in [2.24, 2.45) is 10.8 Å². The predicted octanol–water partition coefficient (Wildman–Crippen LogP) is 0.187. The van der Waals surface area contributed by atoms with Gasteiger partial charge >= 0.3 is 0 Å². The van der Waals surface area contributed by atoms with E-state index in [1.54, 1.807) is 18.5 Å². The molecule has 0 aliphatic carbocycles. The van der Waals surface area contributed by atoms with Crippen LogP contribution in [0.2, 0.25) is 0 Å². The maximum absolute atomic E-state index is 13.2. The summed E-state index contributed by atoms with van der Waals surface area (Å²) in [6.07, 6.45) is 6.90. The Bertz CT molecular complexity index is 807. The molecule has 3 fully saturated rings. The SMILES string of the molecule is CN1CCC2(CN(c3ncccn3)CC23CCN(S(C)(=O)=O)CC3)C1=O. The summed E-state index contributed by atoms with van der Waals surface area (Å²) in [5, 5.41) is 0. The van der Waals surface area contributed by atoms with E-state index in [0.29, 0.717) is 45.0 Å². The summed E-state index contributed by atoms with van der Waals surface area (Å²) in [5.74, 6) is 0.834. The van der Waals surface area contributed by atoms with Crippen molar-refractivity contribution in [2.45, 2.75) is 19.3 Å². The zero-order chi connectivity index (χ0) is 18.6. The molecule has 1 amide bonds. The lowest BCUT2D eigenvalue weighted by molar-refractivity contribution is -0.140. The summed E-state index contributed by atoms with van der Waals surface area (Å²) in [7, 11) is -1.34. The first-order valence-corrected chi connectivity index (χ1v) is 10.9. The van der Waals surface area contributed by atoms with E-state index in [1.807, 2.05) is 11.9 Å². The minimum absolute atomic E-state index is 0.184. The molecule has 2 spiro atoms. The lowest BCUT2D eigenvalue weighted by Crippen LogP contribution is -2.53. The van der Waals surface area contributed by atoms with Gasteiger partial charge < -0.3 is 9.80 Å². The van der Waals surface area contributed by atoms with E-state index < -0.39 is 15.4 Å². The molecule has 4 heterocycles. The molecule has 26 heavy (non-hydrogen) atoms. The van der Waals surface area contributed by atoms with E-state index in [-0.39, 0.29) is 11.3 Å². The molecule has 8 nitrogen and oxygen atoms in total. The topological polar surface area (TPSA) is 86.7 Å². The van der Waals surface area contributed by atoms with E-state index in [2.05, 4.69) is 14.9 Å². The van der Waals surface area contributed by atoms with Crippen molar-refractivity contribution in [3.05, 3.63) is 18.5 Å². The Kier molecular flexibility index (Phi) is 4.00. The highest BCUT2D eigenvalue weighted by Crippen LogP contribution is 2.58. The molecule has 3 aliphatic rings. The minimum atomic E-state index is -3.20. The van der Waals surface area contributed by atoms with Crippen molar-refractivity contribution in [1.29, 1.82) is 0 Å². The van der Waals surface area contributed by atoms with Gasteiger partial charge in [0.15, 0.2) is 0 Å². The summed E-state index contributed by atoms with van der Waals surface area (Å²) in [6, 6.07) is 1.78. The van der Waals surface area contributed by atoms with Gasteiger partial charge in [0.05, 0.1) is 11.7 Å². The van der Waals surface area contributed by atoms with Crippen LogP contribution in [-0.2, 0) is 14.8 Å². The van der Waals surface area contributed by atoms with E-state index >= 15 is 0 Å². The summed E-state index contributed by atoms with van der Waals surface area (Å²) >= 11 is 0. The number of piperidine rings is 1. The molecule has 0 radical (unpaired) electrons. The second-order valence-corrected chi connectivity index (χ2v) is 9.89. The number of likely N-dealkylation sites (tertiary alicyclic amines) is 1. The zero-order valence-corrected chi connectivity index (χ0v) is 16.1. The molecule has 4 rings (SSSR count). The van der Waals surface area contributed by atoms with Crippen LogP contribution in [0.3, 0.4) is 0 Å². The Labute approximate surface area is 154 Å². The van der Waals surface area contributed by atoms with Crippen LogP contribution >= 0.6 is 0 Å². The third-order valence-electron chi connectivity index (χ3n) is 6.58. The van der Waals surface area contributed by atoms with Crippen molar-refractivity contribution in [1.82, 2.24) is 19.2 Å². The summed E-state index contributed by atoms with van der Waals surface area (Å²) < 4.78 is 25.4. The molecule has 1 unspecified atom stereocenters. The highest BCUT2D eigenvalue weighted by molar-refractivity contribution is 7.88. The molecule has 0 aromatic carbocycles. The fourth-order valence-electron chi connectivity index (χ4n) is 5.12. The standard InChI is InChI=1S/C17H25N5O3S/c1-20-9-6-17(14(20)23)13-21(15-18-7-3-8-19-15)12-16(17)4-10-22(11-5-16)26(2,24)25/h3,7-8H,4-6,9-13H2,1-2H3. The number of rotatable bonds is 2. The minimum Gasteiger partial charge on any atom is -0.345 e. The zero-order valence-electron chi connectivity index (χ0n) is 15.3. The Balaban J connectivity index is 1.69. The van der Waals surface area contributed by atoms with Gasteiger partial charge in [-0.3, -0.25) is 4.79 Å². The van der Waals surface area contributed by atoms with Gasteiger partial charge in [-0.15, -0.1) is 0 Å². The summed E-state index contributed by atoms with van der Waals surface area (Å²) in [5.41, 5.74) is -0.695. The number of hydrogen-bond donors (Lipinski definition) is 0. The lowest BCUT2D eigenvalue weighted by Gasteiger charge is -2.46. The third-order valence-corrected chi connectivity index (χ3v) is 7.89. The van der Waals surface area contributed by atoms with Gasteiger partial charge in [0, 0.05) is 57.6 Å². The van der Waals surface area contributed by atoms with Gasteiger partial charge in [0.25, 0.3) is 0 Å². The van der Waals surface area contributed by atoms with Gasteiger partial charge in [-0.2, -0.15) is 0 Å². The maximum atomic E-state index is 13.2. The molecule has 0 saturated carbocycles. The molecule has 1 aromatic rings. The Morgan fingerprint density at radius 1 is 1.04 bits per heavy atom. The van der Waals surface area contributed by atoms with Crippen molar-refractivity contribution in [3.8, 4) is 0 Å². The van der Waals surface area contributed by atoms with E-state index in [9.17, 15) is 13.2 Å². The fraction of sp³-hybridized carbons (Fsp3) is 0.706. The van der Waals surface area contributed by atoms with Gasteiger partial charge in [0.2, 0.25) is 21.9 Å². The van der Waals surface area contributed by atoms with E-state index in [0.717, 1.165) is 13.0 Å². The molecule has 142 valence electrons. The number of sulfonamides is 1. The highest BCUT2D eigenvalue weighted by Gasteiger charge is 2.65. The van der Waals surface area contributed by atoms with Crippen LogP contribution in [0, 0.1) is 10.8 Å². The van der Waals surface area contributed by atoms with Gasteiger partial charge in [0.1, 0.15) is 0 Å². The second kappa shape index (κ2) is 5.88. The van der Waals surface area contributed by atoms with E-state index in [4.69, 9.17) is 0 Å². The first-order chi connectivity index (χ1) is 12.3. The number of anilines is 1. The third kappa shape index (κ3) is 2.51. The number of hydrogen-bond acceptors (Lipinski definition) is 6. The molecular formula is C17H25N5O3S. The molecule has 3 saturated heterocycles. The molecule has 1 aromatic heterocycles. The number of aromatic nitrogens is 2. The van der Waals surface area contributed by atoms with Crippen molar-refractivity contribution >= 4 is 21.9 Å². The van der Waals surface area contributed by atoms with Crippen LogP contribution in [0.4, 0.5) is 5.95 Å². The number of nitrogens with zero attached hydrogens (tertiary/aromatic N) is 5. The van der Waals surface area contributed by atoms with E-state index in [1.165, 1.54) is 10.6 Å². The average Bonchev–Trinajstić information content (AvgIpc) is 3.09. The number of amides is 1. The van der Waals surface area contributed by atoms with Crippen LogP contribution in [0.1, 0.15) is 19.3 Å². The molecular weight excluding hydrogens is 354 g/mol. The molecule has 9 heteroatoms. The Hall–Kier alpha value is -1.74. The second-order valence-electron chi connectivity index (χ2n) is 7.91. The molecule has 0 N–H and O–H groups in total. The Morgan fingerprint density at radius 3 is 2.23 bits per heavy atom. The Morgan fingerprint density at radius 2 is 1.69 bits per heavy atom. The van der Waals surface area contributed by atoms with Crippen LogP contribution in [0.25, 0.3) is 0 Å². The summed E-state index contributed by atoms with van der Waals surface area (Å²) in [6.45, 7) is 3.01. The predicted molar refractivity (Wildman–Crippen MR) is 97.0 cm³/mol. The van der Waals surface area contributed by atoms with Crippen LogP contribution in [0.5, 0.6) is 0 Å². The van der Waals surface area contributed by atoms with Crippen LogP contribution in [0.15, 0.2) is 18.5 Å². The van der Waals surface area contributed by atoms with Crippen molar-refractivity contribution in [2.75, 3.05) is 50.9 Å². The van der Waals surface area contributed by atoms with Gasteiger partial charge in [-0.05, 0) is 25.3 Å². The molecule has 3 aliphatic heterocycles. The first-order valence-electron chi connectivity index (χ1n) is 9.00. The molecule has 1 atom stereocenters. The number of carbonyl (C=O) groups excluding carboxylic acids is 1. The van der Waals surface area contributed by atoms with Gasteiger partial charge in [-0.1, -0.05) is 0 Å². The monoisotopic (exact) mass is 379 g/mol. The highest BCUT2D eigenvalue weighted by atomic mass is 32.2. The van der Waals surface area contributed by atoms with Crippen molar-refractivity contribution in [3.63, 3.8) is 0 Å². The lowest BCUT2D eigenvalue weighted by atomic mass is 9.60. The van der Waals surface area contributed by atoms with Gasteiger partial charge in [-0.25, -0.2) is 22.7 Å². The fourth-order valence-corrected chi connectivity index (χ4v) is 5.96. The quantitative estimate of drug-likeness (QED) is 0.729. The maximum Gasteiger partial charge on any atom is 0.231 e. The molecule has 0 bridgehead atoms. The van der Waals surface area contributed by atoms with Crippen molar-refractivity contribution < 1.29 is 13.2 Å². The van der Waals surface area contributed by atoms with Crippen LogP contribution < -0.4 is 4.90 Å².